The molecule has 1 aliphatic rings. The summed E-state index contributed by atoms with van der Waals surface area (Å²) in [4.78, 5) is 25.4. The summed E-state index contributed by atoms with van der Waals surface area (Å²) in [7, 11) is 1.59. The number of ether oxygens (including phenoxy) is 1. The van der Waals surface area contributed by atoms with Gasteiger partial charge in [0, 0.05) is 25.8 Å². The molecule has 0 aliphatic heterocycles. The lowest BCUT2D eigenvalue weighted by molar-refractivity contribution is -0.137. The van der Waals surface area contributed by atoms with Crippen molar-refractivity contribution in [3.05, 3.63) is 35.9 Å². The van der Waals surface area contributed by atoms with E-state index in [1.807, 2.05) is 37.3 Å². The second-order valence-corrected chi connectivity index (χ2v) is 7.24. The van der Waals surface area contributed by atoms with Gasteiger partial charge >= 0.3 is 0 Å². The SMILES string of the molecule is CCOC1CCC(CS)(C(=O)N[C@@H](Cc2ccccc2)C(=O)NC)CC1. The number of likely N-dealkylation sites (N-methyl/N-ethyl adjacent to an activating group) is 1. The Labute approximate surface area is 161 Å². The van der Waals surface area contributed by atoms with Crippen LogP contribution in [-0.4, -0.2) is 43.4 Å². The Kier molecular flexibility index (Phi) is 7.97. The molecule has 0 bridgehead atoms. The molecule has 1 saturated carbocycles. The number of carbonyl (C=O) groups excluding carboxylic acids is 2. The first-order valence-corrected chi connectivity index (χ1v) is 9.97. The van der Waals surface area contributed by atoms with Crippen LogP contribution in [-0.2, 0) is 20.7 Å². The molecule has 0 saturated heterocycles. The summed E-state index contributed by atoms with van der Waals surface area (Å²) in [5.41, 5.74) is 0.487. The number of amides is 2. The van der Waals surface area contributed by atoms with Crippen LogP contribution < -0.4 is 10.6 Å². The molecular formula is C20H30N2O3S. The summed E-state index contributed by atoms with van der Waals surface area (Å²) < 4.78 is 5.70. The minimum Gasteiger partial charge on any atom is -0.379 e. The van der Waals surface area contributed by atoms with Crippen LogP contribution in [0.5, 0.6) is 0 Å². The van der Waals surface area contributed by atoms with Crippen molar-refractivity contribution in [1.82, 2.24) is 10.6 Å². The van der Waals surface area contributed by atoms with Gasteiger partial charge in [0.1, 0.15) is 6.04 Å². The molecule has 1 aliphatic carbocycles. The Bertz CT molecular complexity index is 586. The summed E-state index contributed by atoms with van der Waals surface area (Å²) >= 11 is 4.46. The number of thiol groups is 1. The molecule has 6 heteroatoms. The lowest BCUT2D eigenvalue weighted by Crippen LogP contribution is -2.53. The summed E-state index contributed by atoms with van der Waals surface area (Å²) in [5, 5.41) is 5.64. The van der Waals surface area contributed by atoms with E-state index in [1.54, 1.807) is 7.05 Å². The summed E-state index contributed by atoms with van der Waals surface area (Å²) in [6, 6.07) is 9.14. The number of hydrogen-bond donors (Lipinski definition) is 3. The quantitative estimate of drug-likeness (QED) is 0.609. The lowest BCUT2D eigenvalue weighted by atomic mass is 9.73. The average molecular weight is 379 g/mol. The van der Waals surface area contributed by atoms with Crippen LogP contribution in [0, 0.1) is 5.41 Å². The zero-order valence-corrected chi connectivity index (χ0v) is 16.6. The van der Waals surface area contributed by atoms with E-state index in [4.69, 9.17) is 4.74 Å². The summed E-state index contributed by atoms with van der Waals surface area (Å²) in [5.74, 6) is 0.218. The van der Waals surface area contributed by atoms with Gasteiger partial charge in [0.05, 0.1) is 11.5 Å². The zero-order chi connectivity index (χ0) is 19.0. The highest BCUT2D eigenvalue weighted by Gasteiger charge is 2.42. The Morgan fingerprint density at radius 1 is 1.27 bits per heavy atom. The van der Waals surface area contributed by atoms with Crippen LogP contribution >= 0.6 is 12.6 Å². The molecular weight excluding hydrogens is 348 g/mol. The molecule has 5 nitrogen and oxygen atoms in total. The van der Waals surface area contributed by atoms with Gasteiger partial charge in [-0.1, -0.05) is 30.3 Å². The summed E-state index contributed by atoms with van der Waals surface area (Å²) in [6.45, 7) is 2.69. The molecule has 26 heavy (non-hydrogen) atoms. The summed E-state index contributed by atoms with van der Waals surface area (Å²) in [6.07, 6.45) is 3.87. The van der Waals surface area contributed by atoms with E-state index < -0.39 is 11.5 Å². The van der Waals surface area contributed by atoms with Gasteiger partial charge in [0.25, 0.3) is 0 Å². The smallest absolute Gasteiger partial charge is 0.242 e. The third-order valence-corrected chi connectivity index (χ3v) is 5.83. The molecule has 0 unspecified atom stereocenters. The van der Waals surface area contributed by atoms with Crippen molar-refractivity contribution in [2.75, 3.05) is 19.4 Å². The lowest BCUT2D eigenvalue weighted by Gasteiger charge is -2.38. The maximum absolute atomic E-state index is 13.1. The van der Waals surface area contributed by atoms with Crippen LogP contribution in [0.25, 0.3) is 0 Å². The second kappa shape index (κ2) is 9.97. The highest BCUT2D eigenvalue weighted by atomic mass is 32.1. The minimum absolute atomic E-state index is 0.0769. The number of carbonyl (C=O) groups is 2. The molecule has 0 spiro atoms. The van der Waals surface area contributed by atoms with E-state index >= 15 is 0 Å². The van der Waals surface area contributed by atoms with E-state index in [9.17, 15) is 9.59 Å². The van der Waals surface area contributed by atoms with E-state index in [-0.39, 0.29) is 17.9 Å². The second-order valence-electron chi connectivity index (χ2n) is 6.92. The number of hydrogen-bond acceptors (Lipinski definition) is 4. The standard InChI is InChI=1S/C20H30N2O3S/c1-3-25-16-9-11-20(14-26,12-10-16)19(24)22-17(18(23)21-2)13-15-7-5-4-6-8-15/h4-8,16-17,26H,3,9-14H2,1-2H3,(H,21,23)(H,22,24)/t16?,17-,20?/m0/s1. The van der Waals surface area contributed by atoms with Crippen molar-refractivity contribution < 1.29 is 14.3 Å². The number of benzene rings is 1. The monoisotopic (exact) mass is 378 g/mol. The molecule has 144 valence electrons. The predicted octanol–water partition coefficient (Wildman–Crippen LogP) is 2.36. The highest BCUT2D eigenvalue weighted by molar-refractivity contribution is 7.80. The van der Waals surface area contributed by atoms with Crippen LogP contribution in [0.2, 0.25) is 0 Å². The normalized spacial score (nSPS) is 23.9. The van der Waals surface area contributed by atoms with Gasteiger partial charge in [-0.2, -0.15) is 12.6 Å². The van der Waals surface area contributed by atoms with Crippen molar-refractivity contribution >= 4 is 24.4 Å². The van der Waals surface area contributed by atoms with Crippen LogP contribution in [0.15, 0.2) is 30.3 Å². The molecule has 1 aromatic carbocycles. The fourth-order valence-electron chi connectivity index (χ4n) is 3.55. The Morgan fingerprint density at radius 2 is 1.92 bits per heavy atom. The minimum atomic E-state index is -0.587. The first-order valence-electron chi connectivity index (χ1n) is 9.33. The largest absolute Gasteiger partial charge is 0.379 e. The van der Waals surface area contributed by atoms with Gasteiger partial charge in [-0.05, 0) is 38.2 Å². The third kappa shape index (κ3) is 5.24. The van der Waals surface area contributed by atoms with Crippen molar-refractivity contribution in [3.63, 3.8) is 0 Å². The fraction of sp³-hybridized carbons (Fsp3) is 0.600. The van der Waals surface area contributed by atoms with Gasteiger partial charge in [0.2, 0.25) is 11.8 Å². The molecule has 2 rings (SSSR count). The van der Waals surface area contributed by atoms with E-state index in [2.05, 4.69) is 23.3 Å². The molecule has 1 aromatic rings. The third-order valence-electron chi connectivity index (χ3n) is 5.23. The van der Waals surface area contributed by atoms with Crippen LogP contribution in [0.4, 0.5) is 0 Å². The van der Waals surface area contributed by atoms with Crippen LogP contribution in [0.3, 0.4) is 0 Å². The van der Waals surface area contributed by atoms with Crippen LogP contribution in [0.1, 0.15) is 38.2 Å². The Morgan fingerprint density at radius 3 is 2.46 bits per heavy atom. The topological polar surface area (TPSA) is 67.4 Å². The van der Waals surface area contributed by atoms with Crippen molar-refractivity contribution in [1.29, 1.82) is 0 Å². The molecule has 1 fully saturated rings. The van der Waals surface area contributed by atoms with E-state index in [1.165, 1.54) is 0 Å². The first-order chi connectivity index (χ1) is 12.5. The maximum atomic E-state index is 13.1. The molecule has 1 atom stereocenters. The Balaban J connectivity index is 2.06. The number of rotatable bonds is 8. The van der Waals surface area contributed by atoms with E-state index in [0.717, 1.165) is 31.2 Å². The first kappa shape index (κ1) is 20.8. The molecule has 0 aromatic heterocycles. The predicted molar refractivity (Wildman–Crippen MR) is 106 cm³/mol. The van der Waals surface area contributed by atoms with E-state index in [0.29, 0.717) is 18.8 Å². The molecule has 2 N–H and O–H groups in total. The maximum Gasteiger partial charge on any atom is 0.242 e. The van der Waals surface area contributed by atoms with Gasteiger partial charge < -0.3 is 15.4 Å². The van der Waals surface area contributed by atoms with Crippen molar-refractivity contribution in [2.45, 2.75) is 51.2 Å². The zero-order valence-electron chi connectivity index (χ0n) is 15.7. The number of nitrogens with one attached hydrogen (secondary N) is 2. The highest BCUT2D eigenvalue weighted by Crippen LogP contribution is 2.38. The molecule has 0 heterocycles. The van der Waals surface area contributed by atoms with Crippen molar-refractivity contribution in [2.24, 2.45) is 5.41 Å². The van der Waals surface area contributed by atoms with Gasteiger partial charge in [-0.25, -0.2) is 0 Å². The molecule has 2 amide bonds. The Hall–Kier alpha value is -1.53. The average Bonchev–Trinajstić information content (AvgIpc) is 2.68. The van der Waals surface area contributed by atoms with Gasteiger partial charge in [0.15, 0.2) is 0 Å². The van der Waals surface area contributed by atoms with Gasteiger partial charge in [-0.3, -0.25) is 9.59 Å². The fourth-order valence-corrected chi connectivity index (χ4v) is 4.01. The van der Waals surface area contributed by atoms with Gasteiger partial charge in [-0.15, -0.1) is 0 Å². The molecule has 0 radical (unpaired) electrons. The van der Waals surface area contributed by atoms with Crippen molar-refractivity contribution in [3.8, 4) is 0 Å².